The zero-order valence-corrected chi connectivity index (χ0v) is 22.5. The van der Waals surface area contributed by atoms with Crippen molar-refractivity contribution in [2.24, 2.45) is 0 Å². The Morgan fingerprint density at radius 2 is 1.70 bits per heavy atom. The van der Waals surface area contributed by atoms with Crippen LogP contribution in [0.15, 0.2) is 66.2 Å². The van der Waals surface area contributed by atoms with Crippen LogP contribution in [-0.2, 0) is 12.6 Å². The van der Waals surface area contributed by atoms with Crippen molar-refractivity contribution in [1.82, 2.24) is 4.90 Å². The van der Waals surface area contributed by atoms with Crippen LogP contribution in [0.3, 0.4) is 0 Å². The first-order valence-electron chi connectivity index (χ1n) is 13.2. The number of halogens is 5. The summed E-state index contributed by atoms with van der Waals surface area (Å²) in [4.78, 5) is 13.8. The fourth-order valence-corrected chi connectivity index (χ4v) is 5.74. The number of benzene rings is 3. The number of allylic oxidation sites excluding steroid dienone is 1. The Balaban J connectivity index is 1.58. The summed E-state index contributed by atoms with van der Waals surface area (Å²) in [5, 5.41) is 9.18. The number of hydrogen-bond donors (Lipinski definition) is 1. The van der Waals surface area contributed by atoms with Gasteiger partial charge in [-0.3, -0.25) is 9.29 Å². The molecule has 40 heavy (non-hydrogen) atoms. The fourth-order valence-electron chi connectivity index (χ4n) is 5.51. The molecule has 1 aliphatic carbocycles. The summed E-state index contributed by atoms with van der Waals surface area (Å²) in [6, 6.07) is 16.9. The van der Waals surface area contributed by atoms with Crippen molar-refractivity contribution in [3.63, 3.8) is 0 Å². The van der Waals surface area contributed by atoms with Crippen molar-refractivity contribution in [3.05, 3.63) is 110 Å². The molecule has 1 saturated heterocycles. The lowest BCUT2D eigenvalue weighted by Gasteiger charge is -2.33. The molecule has 0 aromatic heterocycles. The number of carboxylic acids is 1. The molecule has 0 bridgehead atoms. The van der Waals surface area contributed by atoms with Crippen molar-refractivity contribution in [2.75, 3.05) is 26.3 Å². The third-order valence-corrected chi connectivity index (χ3v) is 7.78. The number of carboxylic acid groups (broad SMARTS) is 1. The number of hydrogen-bond acceptors (Lipinski definition) is 2. The molecular formula is C32H28ClF4NO2. The van der Waals surface area contributed by atoms with Crippen molar-refractivity contribution >= 4 is 34.8 Å². The van der Waals surface area contributed by atoms with Gasteiger partial charge in [0.2, 0.25) is 0 Å². The Morgan fingerprint density at radius 3 is 2.38 bits per heavy atom. The number of likely N-dealkylation sites (tertiary alicyclic amines) is 1. The molecule has 0 saturated carbocycles. The highest BCUT2D eigenvalue weighted by atomic mass is 35.5. The molecule has 5 rings (SSSR count). The number of rotatable bonds is 7. The predicted octanol–water partition coefficient (Wildman–Crippen LogP) is 8.41. The summed E-state index contributed by atoms with van der Waals surface area (Å²) in [5.74, 6) is -1.03. The number of alkyl halides is 4. The summed E-state index contributed by atoms with van der Waals surface area (Å²) in [7, 11) is 0. The number of carbonyl (C=O) groups is 1. The van der Waals surface area contributed by atoms with Crippen molar-refractivity contribution in [1.29, 1.82) is 0 Å². The van der Waals surface area contributed by atoms with Crippen LogP contribution in [0.5, 0.6) is 0 Å². The summed E-state index contributed by atoms with van der Waals surface area (Å²) < 4.78 is 53.6. The molecule has 0 atom stereocenters. The second kappa shape index (κ2) is 11.6. The quantitative estimate of drug-likeness (QED) is 0.290. The van der Waals surface area contributed by atoms with Crippen LogP contribution in [0, 0.1) is 0 Å². The average Bonchev–Trinajstić information content (AvgIpc) is 3.09. The first kappa shape index (κ1) is 28.1. The van der Waals surface area contributed by atoms with Gasteiger partial charge in [0, 0.05) is 19.6 Å². The lowest BCUT2D eigenvalue weighted by Crippen LogP contribution is -2.40. The number of fused-ring (bicyclic) bond motifs is 1. The summed E-state index contributed by atoms with van der Waals surface area (Å²) in [6.45, 7) is 2.06. The second-order valence-corrected chi connectivity index (χ2v) is 10.7. The Bertz CT molecular complexity index is 1480. The van der Waals surface area contributed by atoms with Crippen LogP contribution in [0.25, 0.3) is 17.2 Å². The summed E-state index contributed by atoms with van der Waals surface area (Å²) in [5.41, 5.74) is 6.06. The number of nitrogens with zero attached hydrogens (tertiary/aromatic N) is 1. The standard InChI is InChI=1S/C32H28ClF4NO2/c33-29-12-10-24(17-28(29)32(35,36)37)26-4-1-3-23-16-25(31(39)40)9-11-27(23)30(26)22-7-5-20(6-8-22)15-21-18-38(19-21)14-2-13-34/h5-12,15-17H,1-4,13-14,18-19H2,(H,39,40). The van der Waals surface area contributed by atoms with E-state index in [1.54, 1.807) is 18.2 Å². The molecule has 3 aromatic rings. The van der Waals surface area contributed by atoms with E-state index in [1.165, 1.54) is 17.7 Å². The molecule has 0 radical (unpaired) electrons. The number of aryl methyl sites for hydroxylation is 1. The molecule has 1 fully saturated rings. The van der Waals surface area contributed by atoms with Crippen LogP contribution in [0.2, 0.25) is 5.02 Å². The minimum Gasteiger partial charge on any atom is -0.478 e. The first-order valence-corrected chi connectivity index (χ1v) is 13.6. The van der Waals surface area contributed by atoms with Gasteiger partial charge in [-0.25, -0.2) is 4.79 Å². The van der Waals surface area contributed by atoms with Crippen LogP contribution in [0.1, 0.15) is 63.0 Å². The van der Waals surface area contributed by atoms with Crippen molar-refractivity contribution in [3.8, 4) is 0 Å². The minimum atomic E-state index is -4.59. The Kier molecular flexibility index (Phi) is 8.15. The predicted molar refractivity (Wildman–Crippen MR) is 150 cm³/mol. The molecule has 3 nitrogen and oxygen atoms in total. The maximum absolute atomic E-state index is 13.7. The smallest absolute Gasteiger partial charge is 0.417 e. The van der Waals surface area contributed by atoms with Gasteiger partial charge in [-0.2, -0.15) is 13.2 Å². The van der Waals surface area contributed by atoms with Gasteiger partial charge in [-0.1, -0.05) is 54.1 Å². The highest BCUT2D eigenvalue weighted by molar-refractivity contribution is 6.31. The van der Waals surface area contributed by atoms with E-state index in [0.29, 0.717) is 31.2 Å². The van der Waals surface area contributed by atoms with Gasteiger partial charge in [0.05, 0.1) is 22.8 Å². The van der Waals surface area contributed by atoms with E-state index in [2.05, 4.69) is 11.0 Å². The summed E-state index contributed by atoms with van der Waals surface area (Å²) >= 11 is 5.93. The van der Waals surface area contributed by atoms with Crippen molar-refractivity contribution < 1.29 is 27.5 Å². The fraction of sp³-hybridized carbons (Fsp3) is 0.281. The third kappa shape index (κ3) is 6.01. The van der Waals surface area contributed by atoms with Gasteiger partial charge < -0.3 is 5.11 Å². The summed E-state index contributed by atoms with van der Waals surface area (Å²) in [6.07, 6.45) is -0.169. The maximum atomic E-state index is 13.7. The lowest BCUT2D eigenvalue weighted by atomic mass is 9.86. The highest BCUT2D eigenvalue weighted by Crippen LogP contribution is 2.43. The Morgan fingerprint density at radius 1 is 0.975 bits per heavy atom. The molecule has 0 amide bonds. The van der Waals surface area contributed by atoms with E-state index in [1.807, 2.05) is 24.3 Å². The SMILES string of the molecule is O=C(O)c1ccc2c(c1)CCCC(c1ccc(Cl)c(C(F)(F)F)c1)=C2c1ccc(C=C2CN(CCCF)C2)cc1. The Labute approximate surface area is 235 Å². The first-order chi connectivity index (χ1) is 19.1. The molecule has 208 valence electrons. The normalized spacial score (nSPS) is 15.9. The minimum absolute atomic E-state index is 0.176. The van der Waals surface area contributed by atoms with E-state index in [0.717, 1.165) is 59.1 Å². The molecule has 0 unspecified atom stereocenters. The van der Waals surface area contributed by atoms with Crippen molar-refractivity contribution in [2.45, 2.75) is 31.9 Å². The maximum Gasteiger partial charge on any atom is 0.417 e. The van der Waals surface area contributed by atoms with Gasteiger partial charge >= 0.3 is 12.1 Å². The molecule has 1 N–H and O–H groups in total. The Hall–Kier alpha value is -3.42. The molecule has 1 heterocycles. The zero-order chi connectivity index (χ0) is 28.4. The van der Waals surface area contributed by atoms with Gasteiger partial charge in [-0.15, -0.1) is 0 Å². The highest BCUT2D eigenvalue weighted by Gasteiger charge is 2.34. The van der Waals surface area contributed by atoms with Gasteiger partial charge in [0.25, 0.3) is 0 Å². The van der Waals surface area contributed by atoms with Crippen LogP contribution in [0.4, 0.5) is 17.6 Å². The molecule has 1 aliphatic heterocycles. The third-order valence-electron chi connectivity index (χ3n) is 7.45. The van der Waals surface area contributed by atoms with E-state index in [-0.39, 0.29) is 17.3 Å². The average molecular weight is 570 g/mol. The largest absolute Gasteiger partial charge is 0.478 e. The zero-order valence-electron chi connectivity index (χ0n) is 21.7. The molecule has 8 heteroatoms. The van der Waals surface area contributed by atoms with E-state index >= 15 is 0 Å². The lowest BCUT2D eigenvalue weighted by molar-refractivity contribution is -0.137. The molecule has 2 aliphatic rings. The van der Waals surface area contributed by atoms with Gasteiger partial charge in [-0.05, 0) is 94.5 Å². The van der Waals surface area contributed by atoms with E-state index < -0.39 is 17.7 Å². The van der Waals surface area contributed by atoms with Crippen LogP contribution in [-0.4, -0.2) is 42.3 Å². The topological polar surface area (TPSA) is 40.5 Å². The monoisotopic (exact) mass is 569 g/mol. The molecular weight excluding hydrogens is 542 g/mol. The van der Waals surface area contributed by atoms with E-state index in [9.17, 15) is 27.5 Å². The molecule has 0 spiro atoms. The van der Waals surface area contributed by atoms with Gasteiger partial charge in [0.15, 0.2) is 0 Å². The van der Waals surface area contributed by atoms with Gasteiger partial charge in [0.1, 0.15) is 0 Å². The molecule has 3 aromatic carbocycles. The van der Waals surface area contributed by atoms with E-state index in [4.69, 9.17) is 11.6 Å². The van der Waals surface area contributed by atoms with Crippen LogP contribution < -0.4 is 0 Å². The van der Waals surface area contributed by atoms with Crippen LogP contribution >= 0.6 is 11.6 Å². The number of aromatic carboxylic acids is 1. The second-order valence-electron chi connectivity index (χ2n) is 10.3.